The van der Waals surface area contributed by atoms with Crippen LogP contribution >= 0.6 is 0 Å². The molecule has 1 aliphatic rings. The van der Waals surface area contributed by atoms with Gasteiger partial charge in [-0.1, -0.05) is 141 Å². The Labute approximate surface area is 297 Å². The van der Waals surface area contributed by atoms with E-state index in [0.29, 0.717) is 6.42 Å². The number of rotatable bonds is 31. The van der Waals surface area contributed by atoms with Crippen LogP contribution in [-0.4, -0.2) is 98.7 Å². The first-order valence-corrected chi connectivity index (χ1v) is 19.7. The monoisotopic (exact) mass is 700 g/mol. The minimum absolute atomic E-state index is 0.225. The zero-order valence-corrected chi connectivity index (χ0v) is 30.8. The molecule has 8 unspecified atom stereocenters. The smallest absolute Gasteiger partial charge is 0.249 e. The number of unbranched alkanes of at least 4 members (excludes halogenated alkanes) is 18. The van der Waals surface area contributed by atoms with Crippen LogP contribution in [0, 0.1) is 0 Å². The van der Waals surface area contributed by atoms with Gasteiger partial charge in [0, 0.05) is 0 Å². The first-order valence-electron chi connectivity index (χ1n) is 19.7. The summed E-state index contributed by atoms with van der Waals surface area (Å²) in [6.07, 6.45) is 22.9. The maximum absolute atomic E-state index is 12.9. The van der Waals surface area contributed by atoms with Crippen LogP contribution in [0.1, 0.15) is 155 Å². The predicted molar refractivity (Wildman–Crippen MR) is 195 cm³/mol. The minimum Gasteiger partial charge on any atom is -0.394 e. The van der Waals surface area contributed by atoms with Crippen molar-refractivity contribution in [3.05, 3.63) is 24.3 Å². The number of ether oxygens (including phenoxy) is 2. The van der Waals surface area contributed by atoms with E-state index in [4.69, 9.17) is 9.47 Å². The van der Waals surface area contributed by atoms with Crippen LogP contribution in [0.3, 0.4) is 0 Å². The zero-order chi connectivity index (χ0) is 36.1. The van der Waals surface area contributed by atoms with Crippen LogP contribution in [0.4, 0.5) is 0 Å². The van der Waals surface area contributed by atoms with Crippen LogP contribution < -0.4 is 5.32 Å². The summed E-state index contributed by atoms with van der Waals surface area (Å²) in [5, 5.41) is 64.1. The number of allylic oxidation sites excluding steroid dienone is 3. The third-order valence-electron chi connectivity index (χ3n) is 9.39. The van der Waals surface area contributed by atoms with Gasteiger partial charge in [0.2, 0.25) is 5.91 Å². The molecule has 0 aromatic carbocycles. The van der Waals surface area contributed by atoms with Crippen molar-refractivity contribution in [3.8, 4) is 0 Å². The van der Waals surface area contributed by atoms with Crippen molar-refractivity contribution in [1.82, 2.24) is 5.32 Å². The average molecular weight is 700 g/mol. The van der Waals surface area contributed by atoms with E-state index in [1.165, 1.54) is 96.3 Å². The molecular formula is C39H73NO9. The quantitative estimate of drug-likeness (QED) is 0.0352. The Morgan fingerprint density at radius 1 is 0.694 bits per heavy atom. The summed E-state index contributed by atoms with van der Waals surface area (Å²) in [4.78, 5) is 12.9. The van der Waals surface area contributed by atoms with Gasteiger partial charge in [-0.2, -0.15) is 0 Å². The first kappa shape index (κ1) is 45.7. The summed E-state index contributed by atoms with van der Waals surface area (Å²) in [7, 11) is 0. The lowest BCUT2D eigenvalue weighted by Gasteiger charge is -2.40. The SMILES string of the molecule is CCCCCC/C=C\CCC(O)C(=O)NC(COC1OC(CO)C(O)C(O)C1O)C(O)/C=C/CCCCCCCCCCCCCCCC. The number of nitrogens with one attached hydrogen (secondary N) is 1. The topological polar surface area (TPSA) is 169 Å². The standard InChI is InChI=1S/C39H73NO9/c1-3-5-7-9-11-13-14-15-16-17-18-19-20-22-23-25-27-32(42)31(30-48-39-37(46)36(45)35(44)34(29-41)49-39)40-38(47)33(43)28-26-24-21-12-10-8-6-4-2/h21,24-25,27,31-37,39,41-46H,3-20,22-23,26,28-30H2,1-2H3,(H,40,47)/b24-21-,27-25+. The maximum Gasteiger partial charge on any atom is 0.249 e. The Morgan fingerprint density at radius 2 is 1.18 bits per heavy atom. The molecule has 0 saturated carbocycles. The van der Waals surface area contributed by atoms with E-state index in [2.05, 4.69) is 25.2 Å². The van der Waals surface area contributed by atoms with E-state index in [1.54, 1.807) is 6.08 Å². The van der Waals surface area contributed by atoms with Gasteiger partial charge in [0.25, 0.3) is 0 Å². The Kier molecular flexibility index (Phi) is 28.2. The molecule has 0 bridgehead atoms. The number of aliphatic hydroxyl groups is 6. The fraction of sp³-hybridized carbons (Fsp3) is 0.872. The fourth-order valence-electron chi connectivity index (χ4n) is 6.04. The van der Waals surface area contributed by atoms with Gasteiger partial charge in [0.1, 0.15) is 30.5 Å². The second-order valence-electron chi connectivity index (χ2n) is 13.9. The molecule has 0 aliphatic carbocycles. The molecule has 0 radical (unpaired) electrons. The van der Waals surface area contributed by atoms with E-state index in [-0.39, 0.29) is 13.0 Å². The van der Waals surface area contributed by atoms with Crippen molar-refractivity contribution >= 4 is 5.91 Å². The third-order valence-corrected chi connectivity index (χ3v) is 9.39. The van der Waals surface area contributed by atoms with Crippen LogP contribution in [0.5, 0.6) is 0 Å². The van der Waals surface area contributed by atoms with Gasteiger partial charge in [0.05, 0.1) is 25.4 Å². The molecule has 1 aliphatic heterocycles. The normalized spacial score (nSPS) is 23.3. The summed E-state index contributed by atoms with van der Waals surface area (Å²) in [6.45, 7) is 3.51. The number of aliphatic hydroxyl groups excluding tert-OH is 6. The highest BCUT2D eigenvalue weighted by atomic mass is 16.7. The van der Waals surface area contributed by atoms with E-state index in [1.807, 2.05) is 12.2 Å². The van der Waals surface area contributed by atoms with Crippen molar-refractivity contribution in [3.63, 3.8) is 0 Å². The first-order chi connectivity index (χ1) is 23.8. The minimum atomic E-state index is -1.61. The Bertz CT molecular complexity index is 839. The third kappa shape index (κ3) is 21.6. The highest BCUT2D eigenvalue weighted by molar-refractivity contribution is 5.80. The second-order valence-corrected chi connectivity index (χ2v) is 13.9. The zero-order valence-electron chi connectivity index (χ0n) is 30.8. The number of amides is 1. The van der Waals surface area contributed by atoms with E-state index >= 15 is 0 Å². The molecule has 1 heterocycles. The van der Waals surface area contributed by atoms with E-state index in [9.17, 15) is 35.4 Å². The van der Waals surface area contributed by atoms with Crippen molar-refractivity contribution < 1.29 is 44.9 Å². The molecule has 8 atom stereocenters. The molecule has 10 nitrogen and oxygen atoms in total. The fourth-order valence-corrected chi connectivity index (χ4v) is 6.04. The van der Waals surface area contributed by atoms with Crippen LogP contribution in [0.2, 0.25) is 0 Å². The van der Waals surface area contributed by atoms with E-state index < -0.39 is 61.5 Å². The van der Waals surface area contributed by atoms with Gasteiger partial charge in [-0.25, -0.2) is 0 Å². The molecule has 1 rings (SSSR count). The maximum atomic E-state index is 12.9. The van der Waals surface area contributed by atoms with Gasteiger partial charge >= 0.3 is 0 Å². The molecular weight excluding hydrogens is 626 g/mol. The van der Waals surface area contributed by atoms with Crippen LogP contribution in [0.25, 0.3) is 0 Å². The Balaban J connectivity index is 2.51. The molecule has 1 saturated heterocycles. The number of hydrogen-bond donors (Lipinski definition) is 7. The Hall–Kier alpha value is -1.37. The van der Waals surface area contributed by atoms with Crippen molar-refractivity contribution in [2.45, 2.75) is 204 Å². The summed E-state index contributed by atoms with van der Waals surface area (Å²) < 4.78 is 11.1. The largest absolute Gasteiger partial charge is 0.394 e. The van der Waals surface area contributed by atoms with Crippen LogP contribution in [0.15, 0.2) is 24.3 Å². The van der Waals surface area contributed by atoms with E-state index in [0.717, 1.165) is 32.1 Å². The molecule has 0 aromatic rings. The van der Waals surface area contributed by atoms with Gasteiger partial charge in [-0.05, 0) is 38.5 Å². The molecule has 1 amide bonds. The van der Waals surface area contributed by atoms with Crippen molar-refractivity contribution in [2.75, 3.05) is 13.2 Å². The van der Waals surface area contributed by atoms with Gasteiger partial charge in [-0.3, -0.25) is 4.79 Å². The van der Waals surface area contributed by atoms with Crippen molar-refractivity contribution in [2.24, 2.45) is 0 Å². The lowest BCUT2D eigenvalue weighted by molar-refractivity contribution is -0.302. The number of hydrogen-bond acceptors (Lipinski definition) is 9. The van der Waals surface area contributed by atoms with Gasteiger partial charge in [0.15, 0.2) is 6.29 Å². The predicted octanol–water partition coefficient (Wildman–Crippen LogP) is 5.74. The van der Waals surface area contributed by atoms with Gasteiger partial charge in [-0.15, -0.1) is 0 Å². The summed E-state index contributed by atoms with van der Waals surface area (Å²) in [6, 6.07) is -0.990. The van der Waals surface area contributed by atoms with Crippen LogP contribution in [-0.2, 0) is 14.3 Å². The molecule has 1 fully saturated rings. The number of carbonyl (C=O) groups excluding carboxylic acids is 1. The summed E-state index contributed by atoms with van der Waals surface area (Å²) in [5.74, 6) is -0.654. The second kappa shape index (κ2) is 30.3. The molecule has 10 heteroatoms. The lowest BCUT2D eigenvalue weighted by atomic mass is 9.99. The lowest BCUT2D eigenvalue weighted by Crippen LogP contribution is -2.60. The Morgan fingerprint density at radius 3 is 1.73 bits per heavy atom. The molecule has 49 heavy (non-hydrogen) atoms. The number of carbonyl (C=O) groups is 1. The average Bonchev–Trinajstić information content (AvgIpc) is 3.10. The molecule has 0 aromatic heterocycles. The van der Waals surface area contributed by atoms with Crippen molar-refractivity contribution in [1.29, 1.82) is 0 Å². The molecule has 288 valence electrons. The molecule has 7 N–H and O–H groups in total. The summed E-state index contributed by atoms with van der Waals surface area (Å²) >= 11 is 0. The highest BCUT2D eigenvalue weighted by Gasteiger charge is 2.44. The highest BCUT2D eigenvalue weighted by Crippen LogP contribution is 2.22. The summed E-state index contributed by atoms with van der Waals surface area (Å²) in [5.41, 5.74) is 0. The van der Waals surface area contributed by atoms with Gasteiger partial charge < -0.3 is 45.4 Å². The molecule has 0 spiro atoms.